The Morgan fingerprint density at radius 3 is 2.05 bits per heavy atom. The second-order valence-corrected chi connectivity index (χ2v) is 6.21. The molecule has 0 heterocycles. The van der Waals surface area contributed by atoms with Gasteiger partial charge in [-0.15, -0.1) is 0 Å². The van der Waals surface area contributed by atoms with Crippen LogP contribution in [0.15, 0.2) is 34.8 Å². The van der Waals surface area contributed by atoms with E-state index in [4.69, 9.17) is 5.73 Å². The predicted molar refractivity (Wildman–Crippen MR) is 85.6 cm³/mol. The fourth-order valence-electron chi connectivity index (χ4n) is 2.78. The van der Waals surface area contributed by atoms with Gasteiger partial charge in [0.15, 0.2) is 0 Å². The zero-order chi connectivity index (χ0) is 14.2. The molecule has 0 fully saturated rings. The van der Waals surface area contributed by atoms with Crippen LogP contribution < -0.4 is 5.73 Å². The minimum absolute atomic E-state index is 0.0712. The highest BCUT2D eigenvalue weighted by Crippen LogP contribution is 2.30. The van der Waals surface area contributed by atoms with E-state index in [1.54, 1.807) is 0 Å². The van der Waals surface area contributed by atoms with Crippen LogP contribution in [0.2, 0.25) is 0 Å². The van der Waals surface area contributed by atoms with Crippen LogP contribution in [0, 0.1) is 27.7 Å². The molecule has 0 aromatic heterocycles. The Bertz CT molecular complexity index is 594. The number of nitrogens with two attached hydrogens (primary N) is 1. The third kappa shape index (κ3) is 2.90. The first-order valence-corrected chi connectivity index (χ1v) is 7.29. The molecule has 2 aromatic carbocycles. The summed E-state index contributed by atoms with van der Waals surface area (Å²) in [6.07, 6.45) is 0. The molecule has 1 nitrogen and oxygen atoms in total. The highest BCUT2D eigenvalue weighted by molar-refractivity contribution is 9.10. The Morgan fingerprint density at radius 1 is 0.895 bits per heavy atom. The Labute approximate surface area is 124 Å². The number of halogens is 1. The van der Waals surface area contributed by atoms with Crippen LogP contribution in [0.1, 0.15) is 39.4 Å². The van der Waals surface area contributed by atoms with E-state index in [0.717, 1.165) is 4.47 Å². The van der Waals surface area contributed by atoms with Crippen LogP contribution >= 0.6 is 15.9 Å². The van der Waals surface area contributed by atoms with Gasteiger partial charge in [0.2, 0.25) is 0 Å². The Hall–Kier alpha value is -1.12. The summed E-state index contributed by atoms with van der Waals surface area (Å²) in [5.41, 5.74) is 14.0. The van der Waals surface area contributed by atoms with Crippen LogP contribution in [0.3, 0.4) is 0 Å². The molecular weight excluding hydrogens is 298 g/mol. The number of hydrogen-bond donors (Lipinski definition) is 1. The summed E-state index contributed by atoms with van der Waals surface area (Å²) in [4.78, 5) is 0. The van der Waals surface area contributed by atoms with Gasteiger partial charge in [-0.3, -0.25) is 0 Å². The van der Waals surface area contributed by atoms with E-state index in [-0.39, 0.29) is 6.04 Å². The molecule has 2 heteroatoms. The van der Waals surface area contributed by atoms with Crippen molar-refractivity contribution in [2.45, 2.75) is 33.7 Å². The summed E-state index contributed by atoms with van der Waals surface area (Å²) in [6, 6.07) is 10.6. The SMILES string of the molecule is Cc1cc(C)c(C(N)c2cc(Br)ccc2C)c(C)c1. The van der Waals surface area contributed by atoms with E-state index in [9.17, 15) is 0 Å². The molecule has 0 spiro atoms. The Balaban J connectivity index is 2.56. The van der Waals surface area contributed by atoms with Crippen LogP contribution in [-0.2, 0) is 0 Å². The first-order valence-electron chi connectivity index (χ1n) is 6.49. The molecule has 19 heavy (non-hydrogen) atoms. The summed E-state index contributed by atoms with van der Waals surface area (Å²) >= 11 is 3.53. The average Bonchev–Trinajstić information content (AvgIpc) is 2.30. The largest absolute Gasteiger partial charge is 0.320 e. The van der Waals surface area contributed by atoms with Gasteiger partial charge in [-0.1, -0.05) is 39.7 Å². The fourth-order valence-corrected chi connectivity index (χ4v) is 3.16. The molecular formula is C17H20BrN. The van der Waals surface area contributed by atoms with Crippen molar-refractivity contribution < 1.29 is 0 Å². The third-order valence-corrected chi connectivity index (χ3v) is 4.12. The number of hydrogen-bond acceptors (Lipinski definition) is 1. The molecule has 0 aliphatic heterocycles. The van der Waals surface area contributed by atoms with Crippen molar-refractivity contribution in [2.75, 3.05) is 0 Å². The number of benzene rings is 2. The van der Waals surface area contributed by atoms with Crippen molar-refractivity contribution in [2.24, 2.45) is 5.73 Å². The second-order valence-electron chi connectivity index (χ2n) is 5.29. The molecule has 100 valence electrons. The molecule has 0 saturated carbocycles. The van der Waals surface area contributed by atoms with Crippen LogP contribution in [0.25, 0.3) is 0 Å². The summed E-state index contributed by atoms with van der Waals surface area (Å²) < 4.78 is 1.07. The molecule has 0 aliphatic carbocycles. The Kier molecular flexibility index (Phi) is 4.12. The van der Waals surface area contributed by atoms with E-state index in [0.29, 0.717) is 0 Å². The molecule has 0 aliphatic rings. The van der Waals surface area contributed by atoms with Crippen LogP contribution in [0.4, 0.5) is 0 Å². The van der Waals surface area contributed by atoms with Gasteiger partial charge in [-0.2, -0.15) is 0 Å². The first-order chi connectivity index (χ1) is 8.90. The van der Waals surface area contributed by atoms with Crippen molar-refractivity contribution >= 4 is 15.9 Å². The third-order valence-electron chi connectivity index (χ3n) is 3.63. The van der Waals surface area contributed by atoms with Crippen molar-refractivity contribution in [3.63, 3.8) is 0 Å². The minimum atomic E-state index is -0.0712. The van der Waals surface area contributed by atoms with Crippen LogP contribution in [0.5, 0.6) is 0 Å². The molecule has 0 amide bonds. The van der Waals surface area contributed by atoms with Gasteiger partial charge in [0, 0.05) is 4.47 Å². The monoisotopic (exact) mass is 317 g/mol. The topological polar surface area (TPSA) is 26.0 Å². The quantitative estimate of drug-likeness (QED) is 0.851. The van der Waals surface area contributed by atoms with Gasteiger partial charge >= 0.3 is 0 Å². The smallest absolute Gasteiger partial charge is 0.0559 e. The normalized spacial score (nSPS) is 12.5. The van der Waals surface area contributed by atoms with E-state index >= 15 is 0 Å². The molecule has 0 radical (unpaired) electrons. The van der Waals surface area contributed by atoms with Crippen molar-refractivity contribution in [1.29, 1.82) is 0 Å². The maximum atomic E-state index is 6.52. The predicted octanol–water partition coefficient (Wildman–Crippen LogP) is 4.73. The first kappa shape index (κ1) is 14.3. The van der Waals surface area contributed by atoms with Crippen molar-refractivity contribution in [3.05, 3.63) is 68.2 Å². The van der Waals surface area contributed by atoms with Crippen molar-refractivity contribution in [3.8, 4) is 0 Å². The number of aryl methyl sites for hydroxylation is 4. The molecule has 0 saturated heterocycles. The molecule has 2 N–H and O–H groups in total. The Morgan fingerprint density at radius 2 is 1.47 bits per heavy atom. The molecule has 1 unspecified atom stereocenters. The zero-order valence-electron chi connectivity index (χ0n) is 11.9. The summed E-state index contributed by atoms with van der Waals surface area (Å²) in [5, 5.41) is 0. The van der Waals surface area contributed by atoms with E-state index < -0.39 is 0 Å². The zero-order valence-corrected chi connectivity index (χ0v) is 13.5. The highest BCUT2D eigenvalue weighted by atomic mass is 79.9. The summed E-state index contributed by atoms with van der Waals surface area (Å²) in [6.45, 7) is 8.52. The maximum Gasteiger partial charge on any atom is 0.0559 e. The lowest BCUT2D eigenvalue weighted by Crippen LogP contribution is -2.16. The molecule has 1 atom stereocenters. The maximum absolute atomic E-state index is 6.52. The van der Waals surface area contributed by atoms with Gasteiger partial charge in [-0.05, 0) is 67.6 Å². The number of rotatable bonds is 2. The van der Waals surface area contributed by atoms with Gasteiger partial charge in [0.1, 0.15) is 0 Å². The van der Waals surface area contributed by atoms with Crippen molar-refractivity contribution in [1.82, 2.24) is 0 Å². The van der Waals surface area contributed by atoms with Gasteiger partial charge < -0.3 is 5.73 Å². The summed E-state index contributed by atoms with van der Waals surface area (Å²) in [7, 11) is 0. The van der Waals surface area contributed by atoms with Gasteiger partial charge in [0.05, 0.1) is 6.04 Å². The lowest BCUT2D eigenvalue weighted by atomic mass is 9.89. The summed E-state index contributed by atoms with van der Waals surface area (Å²) in [5.74, 6) is 0. The highest BCUT2D eigenvalue weighted by Gasteiger charge is 2.16. The fraction of sp³-hybridized carbons (Fsp3) is 0.294. The standard InChI is InChI=1S/C17H20BrN/c1-10-7-12(3)16(13(4)8-10)17(19)15-9-14(18)6-5-11(15)2/h5-9,17H,19H2,1-4H3. The minimum Gasteiger partial charge on any atom is -0.320 e. The van der Waals surface area contributed by atoms with Gasteiger partial charge in [-0.25, -0.2) is 0 Å². The van der Waals surface area contributed by atoms with E-state index in [1.807, 2.05) is 0 Å². The molecule has 2 rings (SSSR count). The van der Waals surface area contributed by atoms with E-state index in [2.05, 4.69) is 74.0 Å². The average molecular weight is 318 g/mol. The van der Waals surface area contributed by atoms with Gasteiger partial charge in [0.25, 0.3) is 0 Å². The molecule has 0 bridgehead atoms. The van der Waals surface area contributed by atoms with Crippen LogP contribution in [-0.4, -0.2) is 0 Å². The lowest BCUT2D eigenvalue weighted by molar-refractivity contribution is 0.841. The second kappa shape index (κ2) is 5.48. The molecule has 2 aromatic rings. The van der Waals surface area contributed by atoms with E-state index in [1.165, 1.54) is 33.4 Å². The lowest BCUT2D eigenvalue weighted by Gasteiger charge is -2.21.